The number of hydrogen-bond acceptors (Lipinski definition) is 4. The maximum atomic E-state index is 12.0. The summed E-state index contributed by atoms with van der Waals surface area (Å²) in [5, 5.41) is 2.86. The fourth-order valence-electron chi connectivity index (χ4n) is 2.70. The van der Waals surface area contributed by atoms with Crippen molar-refractivity contribution < 1.29 is 9.53 Å². The van der Waals surface area contributed by atoms with Crippen molar-refractivity contribution in [3.05, 3.63) is 53.0 Å². The average molecular weight is 404 g/mol. The second kappa shape index (κ2) is 8.36. The number of ether oxygens (including phenoxy) is 1. The number of anilines is 2. The smallest absolute Gasteiger partial charge is 0.262 e. The summed E-state index contributed by atoms with van der Waals surface area (Å²) >= 11 is 3.37. The molecule has 25 heavy (non-hydrogen) atoms. The molecular weight excluding hydrogens is 382 g/mol. The van der Waals surface area contributed by atoms with Gasteiger partial charge in [0.25, 0.3) is 5.91 Å². The molecule has 1 saturated heterocycles. The van der Waals surface area contributed by atoms with Gasteiger partial charge in [-0.1, -0.05) is 15.9 Å². The highest BCUT2D eigenvalue weighted by molar-refractivity contribution is 9.10. The fraction of sp³-hybridized carbons (Fsp3) is 0.316. The minimum Gasteiger partial charge on any atom is -0.484 e. The Morgan fingerprint density at radius 3 is 2.32 bits per heavy atom. The number of rotatable bonds is 5. The summed E-state index contributed by atoms with van der Waals surface area (Å²) in [4.78, 5) is 16.7. The van der Waals surface area contributed by atoms with Crippen LogP contribution in [0.2, 0.25) is 0 Å². The molecule has 0 atom stereocenters. The SMILES string of the molecule is CN1CCN(c2ccc(NC(=O)COc3ccc(Br)cc3)cc2)CC1. The van der Waals surface area contributed by atoms with E-state index in [4.69, 9.17) is 4.74 Å². The van der Waals surface area contributed by atoms with Gasteiger partial charge in [0.1, 0.15) is 5.75 Å². The van der Waals surface area contributed by atoms with E-state index in [-0.39, 0.29) is 12.5 Å². The highest BCUT2D eigenvalue weighted by Crippen LogP contribution is 2.19. The van der Waals surface area contributed by atoms with E-state index in [1.807, 2.05) is 36.4 Å². The maximum Gasteiger partial charge on any atom is 0.262 e. The second-order valence-corrected chi connectivity index (χ2v) is 7.04. The Balaban J connectivity index is 1.49. The van der Waals surface area contributed by atoms with Crippen molar-refractivity contribution in [3.63, 3.8) is 0 Å². The predicted molar refractivity (Wildman–Crippen MR) is 104 cm³/mol. The van der Waals surface area contributed by atoms with Crippen LogP contribution in [-0.2, 0) is 4.79 Å². The second-order valence-electron chi connectivity index (χ2n) is 6.13. The van der Waals surface area contributed by atoms with Crippen LogP contribution in [-0.4, -0.2) is 50.6 Å². The Labute approximate surface area is 156 Å². The minimum atomic E-state index is -0.171. The summed E-state index contributed by atoms with van der Waals surface area (Å²) in [6, 6.07) is 15.4. The van der Waals surface area contributed by atoms with Crippen molar-refractivity contribution in [1.82, 2.24) is 4.90 Å². The third-order valence-corrected chi connectivity index (χ3v) is 4.73. The van der Waals surface area contributed by atoms with E-state index in [1.54, 1.807) is 0 Å². The van der Waals surface area contributed by atoms with E-state index in [2.05, 4.69) is 50.2 Å². The Morgan fingerprint density at radius 2 is 1.68 bits per heavy atom. The van der Waals surface area contributed by atoms with Gasteiger partial charge < -0.3 is 19.9 Å². The van der Waals surface area contributed by atoms with Gasteiger partial charge in [0.15, 0.2) is 6.61 Å². The lowest BCUT2D eigenvalue weighted by molar-refractivity contribution is -0.118. The standard InChI is InChI=1S/C19H22BrN3O2/c1-22-10-12-23(13-11-22)17-6-4-16(5-7-17)21-19(24)14-25-18-8-2-15(20)3-9-18/h2-9H,10-14H2,1H3,(H,21,24). The lowest BCUT2D eigenvalue weighted by Gasteiger charge is -2.34. The number of hydrogen-bond donors (Lipinski definition) is 1. The zero-order valence-corrected chi connectivity index (χ0v) is 15.8. The first-order chi connectivity index (χ1) is 12.1. The minimum absolute atomic E-state index is 0.0121. The number of nitrogens with one attached hydrogen (secondary N) is 1. The van der Waals surface area contributed by atoms with Crippen LogP contribution in [0, 0.1) is 0 Å². The fourth-order valence-corrected chi connectivity index (χ4v) is 2.96. The largest absolute Gasteiger partial charge is 0.484 e. The van der Waals surface area contributed by atoms with Crippen molar-refractivity contribution in [2.45, 2.75) is 0 Å². The molecule has 2 aromatic carbocycles. The molecule has 0 unspecified atom stereocenters. The van der Waals surface area contributed by atoms with Gasteiger partial charge in [0.05, 0.1) is 0 Å². The predicted octanol–water partition coefficient (Wildman–Crippen LogP) is 3.22. The summed E-state index contributed by atoms with van der Waals surface area (Å²) in [7, 11) is 2.15. The van der Waals surface area contributed by atoms with Crippen LogP contribution >= 0.6 is 15.9 Å². The van der Waals surface area contributed by atoms with Crippen molar-refractivity contribution in [3.8, 4) is 5.75 Å². The van der Waals surface area contributed by atoms with Crippen LogP contribution in [0.3, 0.4) is 0 Å². The van der Waals surface area contributed by atoms with Gasteiger partial charge in [-0.05, 0) is 55.6 Å². The molecule has 1 N–H and O–H groups in total. The highest BCUT2D eigenvalue weighted by Gasteiger charge is 2.14. The van der Waals surface area contributed by atoms with Crippen molar-refractivity contribution in [2.75, 3.05) is 50.1 Å². The number of nitrogens with zero attached hydrogens (tertiary/aromatic N) is 2. The first-order valence-corrected chi connectivity index (χ1v) is 9.11. The molecule has 132 valence electrons. The van der Waals surface area contributed by atoms with Crippen LogP contribution in [0.4, 0.5) is 11.4 Å². The molecule has 0 spiro atoms. The van der Waals surface area contributed by atoms with E-state index in [9.17, 15) is 4.79 Å². The zero-order valence-electron chi connectivity index (χ0n) is 14.2. The monoisotopic (exact) mass is 403 g/mol. The molecule has 5 nitrogen and oxygen atoms in total. The summed E-state index contributed by atoms with van der Waals surface area (Å²) in [5.41, 5.74) is 1.97. The van der Waals surface area contributed by atoms with Gasteiger partial charge in [0.2, 0.25) is 0 Å². The summed E-state index contributed by atoms with van der Waals surface area (Å²) < 4.78 is 6.45. The van der Waals surface area contributed by atoms with Gasteiger partial charge in [-0.2, -0.15) is 0 Å². The lowest BCUT2D eigenvalue weighted by Crippen LogP contribution is -2.44. The highest BCUT2D eigenvalue weighted by atomic mass is 79.9. The van der Waals surface area contributed by atoms with E-state index in [1.165, 1.54) is 5.69 Å². The summed E-state index contributed by atoms with van der Waals surface area (Å²) in [6.45, 7) is 4.20. The first kappa shape index (κ1) is 17.8. The maximum absolute atomic E-state index is 12.0. The Bertz CT molecular complexity index is 696. The zero-order chi connectivity index (χ0) is 17.6. The van der Waals surface area contributed by atoms with Crippen LogP contribution in [0.5, 0.6) is 5.75 Å². The number of benzene rings is 2. The molecule has 6 heteroatoms. The number of likely N-dealkylation sites (N-methyl/N-ethyl adjacent to an activating group) is 1. The molecule has 0 radical (unpaired) electrons. The Kier molecular flexibility index (Phi) is 5.94. The van der Waals surface area contributed by atoms with Gasteiger partial charge in [0, 0.05) is 42.0 Å². The molecular formula is C19H22BrN3O2. The number of halogens is 1. The molecule has 0 aliphatic carbocycles. The average Bonchev–Trinajstić information content (AvgIpc) is 2.63. The molecule has 0 bridgehead atoms. The third kappa shape index (κ3) is 5.21. The quantitative estimate of drug-likeness (QED) is 0.832. The summed E-state index contributed by atoms with van der Waals surface area (Å²) in [5.74, 6) is 0.499. The van der Waals surface area contributed by atoms with E-state index in [0.29, 0.717) is 5.75 Å². The molecule has 0 aromatic heterocycles. The number of carbonyl (C=O) groups excluding carboxylic acids is 1. The van der Waals surface area contributed by atoms with Crippen molar-refractivity contribution in [2.24, 2.45) is 0 Å². The van der Waals surface area contributed by atoms with E-state index >= 15 is 0 Å². The molecule has 1 heterocycles. The van der Waals surface area contributed by atoms with Gasteiger partial charge in [-0.3, -0.25) is 4.79 Å². The van der Waals surface area contributed by atoms with Crippen LogP contribution in [0.15, 0.2) is 53.0 Å². The third-order valence-electron chi connectivity index (χ3n) is 4.20. The van der Waals surface area contributed by atoms with E-state index < -0.39 is 0 Å². The number of amides is 1. The van der Waals surface area contributed by atoms with Crippen LogP contribution < -0.4 is 15.0 Å². The topological polar surface area (TPSA) is 44.8 Å². The van der Waals surface area contributed by atoms with Crippen LogP contribution in [0.25, 0.3) is 0 Å². The normalized spacial score (nSPS) is 15.0. The van der Waals surface area contributed by atoms with Gasteiger partial charge in [-0.15, -0.1) is 0 Å². The molecule has 1 aliphatic rings. The van der Waals surface area contributed by atoms with Gasteiger partial charge in [-0.25, -0.2) is 0 Å². The number of carbonyl (C=O) groups is 1. The molecule has 1 fully saturated rings. The first-order valence-electron chi connectivity index (χ1n) is 8.32. The molecule has 0 saturated carbocycles. The van der Waals surface area contributed by atoms with Crippen molar-refractivity contribution in [1.29, 1.82) is 0 Å². The lowest BCUT2D eigenvalue weighted by atomic mass is 10.2. The van der Waals surface area contributed by atoms with Gasteiger partial charge >= 0.3 is 0 Å². The Morgan fingerprint density at radius 1 is 1.04 bits per heavy atom. The Hall–Kier alpha value is -2.05. The summed E-state index contributed by atoms with van der Waals surface area (Å²) in [6.07, 6.45) is 0. The number of piperazine rings is 1. The molecule has 1 aliphatic heterocycles. The van der Waals surface area contributed by atoms with E-state index in [0.717, 1.165) is 36.3 Å². The molecule has 2 aromatic rings. The van der Waals surface area contributed by atoms with Crippen LogP contribution in [0.1, 0.15) is 0 Å². The molecule has 3 rings (SSSR count). The van der Waals surface area contributed by atoms with Crippen molar-refractivity contribution >= 4 is 33.2 Å². The molecule has 1 amide bonds.